The number of rotatable bonds is 11. The molecule has 3 N–H and O–H groups in total. The topological polar surface area (TPSA) is 133 Å². The van der Waals surface area contributed by atoms with E-state index in [-0.39, 0.29) is 11.3 Å². The van der Waals surface area contributed by atoms with Crippen molar-refractivity contribution in [1.29, 1.82) is 0 Å². The number of methoxy groups -OCH3 is 1. The summed E-state index contributed by atoms with van der Waals surface area (Å²) >= 11 is 0. The third-order valence-electron chi connectivity index (χ3n) is 5.17. The van der Waals surface area contributed by atoms with Gasteiger partial charge in [-0.1, -0.05) is 30.3 Å². The Kier molecular flexibility index (Phi) is 8.25. The molecule has 10 nitrogen and oxygen atoms in total. The molecule has 0 saturated carbocycles. The summed E-state index contributed by atoms with van der Waals surface area (Å²) < 4.78 is 87.6. The lowest BCUT2D eigenvalue weighted by Gasteiger charge is -2.34. The van der Waals surface area contributed by atoms with Crippen molar-refractivity contribution in [1.82, 2.24) is 5.32 Å². The molecule has 0 aromatic heterocycles. The molecule has 1 heterocycles. The van der Waals surface area contributed by atoms with Crippen molar-refractivity contribution >= 4 is 10.1 Å². The molecule has 0 fully saturated rings. The van der Waals surface area contributed by atoms with Crippen molar-refractivity contribution in [2.75, 3.05) is 27.3 Å². The number of benzene rings is 2. The zero-order valence-electron chi connectivity index (χ0n) is 19.5. The van der Waals surface area contributed by atoms with Gasteiger partial charge in [-0.2, -0.15) is 21.6 Å². The Bertz CT molecular complexity index is 1150. The maximum Gasteiger partial charge on any atom is 0.534 e. The molecule has 1 aliphatic rings. The van der Waals surface area contributed by atoms with Gasteiger partial charge >= 0.3 is 15.6 Å². The van der Waals surface area contributed by atoms with Crippen LogP contribution in [0.5, 0.6) is 23.0 Å². The van der Waals surface area contributed by atoms with Crippen LogP contribution >= 0.6 is 0 Å². The van der Waals surface area contributed by atoms with E-state index in [1.54, 1.807) is 44.2 Å². The molecule has 2 unspecified atom stereocenters. The zero-order chi connectivity index (χ0) is 26.7. The maximum atomic E-state index is 13.0. The SMILES string of the molecule is COCOc1cc(C(CO)NC(c2ccccc2)C(C)(C)O)c2c(c1OS(=O)(=O)C(F)(F)F)OCO2. The Morgan fingerprint density at radius 3 is 2.33 bits per heavy atom. The van der Waals surface area contributed by atoms with E-state index in [1.165, 1.54) is 7.11 Å². The first-order valence-corrected chi connectivity index (χ1v) is 11.9. The van der Waals surface area contributed by atoms with Crippen molar-refractivity contribution in [3.63, 3.8) is 0 Å². The second kappa shape index (κ2) is 10.7. The second-order valence-electron chi connectivity index (χ2n) is 8.29. The number of aliphatic hydroxyl groups is 2. The van der Waals surface area contributed by atoms with Crippen LogP contribution in [0.2, 0.25) is 0 Å². The predicted molar refractivity (Wildman–Crippen MR) is 119 cm³/mol. The number of hydrogen-bond donors (Lipinski definition) is 3. The van der Waals surface area contributed by atoms with Gasteiger partial charge in [-0.15, -0.1) is 0 Å². The van der Waals surface area contributed by atoms with Crippen LogP contribution in [-0.2, 0) is 14.9 Å². The minimum Gasteiger partial charge on any atom is -0.463 e. The van der Waals surface area contributed by atoms with Gasteiger partial charge < -0.3 is 33.3 Å². The van der Waals surface area contributed by atoms with Gasteiger partial charge in [0.25, 0.3) is 0 Å². The van der Waals surface area contributed by atoms with Crippen LogP contribution < -0.4 is 23.7 Å². The van der Waals surface area contributed by atoms with E-state index >= 15 is 0 Å². The molecule has 1 aliphatic heterocycles. The number of aliphatic hydroxyl groups excluding tert-OH is 1. The molecule has 3 rings (SSSR count). The van der Waals surface area contributed by atoms with Crippen molar-refractivity contribution in [2.45, 2.75) is 37.0 Å². The summed E-state index contributed by atoms with van der Waals surface area (Å²) in [5.74, 6) is -1.99. The first kappa shape index (κ1) is 27.8. The van der Waals surface area contributed by atoms with Gasteiger partial charge in [-0.05, 0) is 25.5 Å². The average molecular weight is 538 g/mol. The Hall–Kier alpha value is -2.78. The van der Waals surface area contributed by atoms with Gasteiger partial charge in [0.05, 0.1) is 24.3 Å². The molecule has 0 bridgehead atoms. The summed E-state index contributed by atoms with van der Waals surface area (Å²) in [6.45, 7) is 1.61. The number of ether oxygens (including phenoxy) is 4. The van der Waals surface area contributed by atoms with E-state index in [1.807, 2.05) is 0 Å². The molecule has 200 valence electrons. The lowest BCUT2D eigenvalue weighted by molar-refractivity contribution is -0.0501. The van der Waals surface area contributed by atoms with E-state index in [0.29, 0.717) is 5.56 Å². The van der Waals surface area contributed by atoms with E-state index in [4.69, 9.17) is 18.9 Å². The third kappa shape index (κ3) is 5.95. The van der Waals surface area contributed by atoms with Crippen molar-refractivity contribution in [3.05, 3.63) is 47.5 Å². The summed E-state index contributed by atoms with van der Waals surface area (Å²) in [5, 5.41) is 24.1. The van der Waals surface area contributed by atoms with Gasteiger partial charge in [0.1, 0.15) is 0 Å². The molecule has 0 aliphatic carbocycles. The summed E-state index contributed by atoms with van der Waals surface area (Å²) in [6.07, 6.45) is 0. The van der Waals surface area contributed by atoms with E-state index in [9.17, 15) is 31.8 Å². The first-order valence-electron chi connectivity index (χ1n) is 10.5. The normalized spacial score (nSPS) is 15.4. The lowest BCUT2D eigenvalue weighted by Crippen LogP contribution is -2.42. The molecular formula is C22H26F3NO9S. The lowest BCUT2D eigenvalue weighted by atomic mass is 9.90. The molecular weight excluding hydrogens is 511 g/mol. The molecule has 0 radical (unpaired) electrons. The Balaban J connectivity index is 2.11. The smallest absolute Gasteiger partial charge is 0.463 e. The number of hydrogen-bond acceptors (Lipinski definition) is 10. The van der Waals surface area contributed by atoms with Crippen LogP contribution in [0.3, 0.4) is 0 Å². The van der Waals surface area contributed by atoms with Gasteiger partial charge in [-0.25, -0.2) is 0 Å². The highest BCUT2D eigenvalue weighted by Gasteiger charge is 2.50. The van der Waals surface area contributed by atoms with E-state index in [2.05, 4.69) is 9.50 Å². The minimum atomic E-state index is -6.09. The fourth-order valence-corrected chi connectivity index (χ4v) is 4.04. The summed E-state index contributed by atoms with van der Waals surface area (Å²) in [6, 6.07) is 8.30. The molecule has 2 atom stereocenters. The Morgan fingerprint density at radius 1 is 1.14 bits per heavy atom. The molecule has 2 aromatic carbocycles. The fourth-order valence-electron chi connectivity index (χ4n) is 3.57. The Labute approximate surface area is 205 Å². The van der Waals surface area contributed by atoms with E-state index in [0.717, 1.165) is 6.07 Å². The number of fused-ring (bicyclic) bond motifs is 1. The van der Waals surface area contributed by atoms with Gasteiger partial charge in [-0.3, -0.25) is 5.32 Å². The largest absolute Gasteiger partial charge is 0.534 e. The molecule has 36 heavy (non-hydrogen) atoms. The standard InChI is InChI=1S/C22H26F3NO9S/c1-21(2,28)20(13-7-5-4-6-8-13)26-15(10-27)14-9-16(32-11-31-3)18(19-17(14)33-12-34-19)35-36(29,30)22(23,24)25/h4-9,15,20,26-28H,10-12H2,1-3H3. The zero-order valence-corrected chi connectivity index (χ0v) is 20.4. The third-order valence-corrected chi connectivity index (χ3v) is 6.12. The van der Waals surface area contributed by atoms with Gasteiger partial charge in [0.15, 0.2) is 18.3 Å². The van der Waals surface area contributed by atoms with Crippen LogP contribution in [0.4, 0.5) is 13.2 Å². The monoisotopic (exact) mass is 537 g/mol. The molecule has 2 aromatic rings. The fraction of sp³-hybridized carbons (Fsp3) is 0.455. The molecule has 0 spiro atoms. The van der Waals surface area contributed by atoms with Crippen LogP contribution in [0, 0.1) is 0 Å². The minimum absolute atomic E-state index is 0.151. The number of halogens is 3. The summed E-state index contributed by atoms with van der Waals surface area (Å²) in [5.41, 5.74) is -6.21. The average Bonchev–Trinajstić information content (AvgIpc) is 3.28. The summed E-state index contributed by atoms with van der Waals surface area (Å²) in [4.78, 5) is 0. The highest BCUT2D eigenvalue weighted by atomic mass is 32.2. The number of nitrogens with one attached hydrogen (secondary N) is 1. The maximum absolute atomic E-state index is 13.0. The quantitative estimate of drug-likeness (QED) is 0.223. The van der Waals surface area contributed by atoms with Crippen LogP contribution in [0.25, 0.3) is 0 Å². The highest BCUT2D eigenvalue weighted by molar-refractivity contribution is 7.88. The van der Waals surface area contributed by atoms with Crippen molar-refractivity contribution in [3.8, 4) is 23.0 Å². The highest BCUT2D eigenvalue weighted by Crippen LogP contribution is 2.52. The predicted octanol–water partition coefficient (Wildman–Crippen LogP) is 2.76. The van der Waals surface area contributed by atoms with Crippen molar-refractivity contribution < 1.29 is 54.9 Å². The van der Waals surface area contributed by atoms with Gasteiger partial charge in [0.2, 0.25) is 18.3 Å². The van der Waals surface area contributed by atoms with Crippen molar-refractivity contribution in [2.24, 2.45) is 0 Å². The van der Waals surface area contributed by atoms with Crippen LogP contribution in [0.1, 0.15) is 37.1 Å². The van der Waals surface area contributed by atoms with Gasteiger partial charge in [0, 0.05) is 12.7 Å². The van der Waals surface area contributed by atoms with Crippen LogP contribution in [-0.4, -0.2) is 57.0 Å². The number of alkyl halides is 3. The second-order valence-corrected chi connectivity index (χ2v) is 9.83. The Morgan fingerprint density at radius 2 is 1.78 bits per heavy atom. The first-order chi connectivity index (χ1) is 16.8. The van der Waals surface area contributed by atoms with Crippen LogP contribution in [0.15, 0.2) is 36.4 Å². The molecule has 0 saturated heterocycles. The molecule has 0 amide bonds. The van der Waals surface area contributed by atoms with E-state index < -0.39 is 70.8 Å². The summed E-state index contributed by atoms with van der Waals surface area (Å²) in [7, 11) is -4.84. The molecule has 14 heteroatoms.